The number of hydrogen-bond donors (Lipinski definition) is 1. The molecule has 2 atom stereocenters. The van der Waals surface area contributed by atoms with Gasteiger partial charge in [-0.1, -0.05) is 44.2 Å². The van der Waals surface area contributed by atoms with Crippen LogP contribution in [0.2, 0.25) is 0 Å². The van der Waals surface area contributed by atoms with Gasteiger partial charge in [-0.15, -0.1) is 0 Å². The SMILES string of the molecule is CCCn1ncnc1CC(N)C(C)c1ccccc1. The van der Waals surface area contributed by atoms with Crippen LogP contribution in [0.1, 0.15) is 37.6 Å². The van der Waals surface area contributed by atoms with Crippen LogP contribution in [0.4, 0.5) is 0 Å². The second kappa shape index (κ2) is 6.48. The van der Waals surface area contributed by atoms with Gasteiger partial charge in [0.25, 0.3) is 0 Å². The van der Waals surface area contributed by atoms with Crippen molar-refractivity contribution >= 4 is 0 Å². The summed E-state index contributed by atoms with van der Waals surface area (Å²) >= 11 is 0. The Labute approximate surface area is 114 Å². The molecule has 0 aliphatic heterocycles. The van der Waals surface area contributed by atoms with Gasteiger partial charge in [-0.3, -0.25) is 4.68 Å². The quantitative estimate of drug-likeness (QED) is 0.865. The van der Waals surface area contributed by atoms with Crippen LogP contribution >= 0.6 is 0 Å². The minimum absolute atomic E-state index is 0.0576. The predicted molar refractivity (Wildman–Crippen MR) is 76.8 cm³/mol. The largest absolute Gasteiger partial charge is 0.327 e. The molecule has 1 aromatic heterocycles. The summed E-state index contributed by atoms with van der Waals surface area (Å²) in [6, 6.07) is 10.4. The van der Waals surface area contributed by atoms with E-state index in [0.717, 1.165) is 25.2 Å². The van der Waals surface area contributed by atoms with E-state index in [0.29, 0.717) is 5.92 Å². The van der Waals surface area contributed by atoms with Gasteiger partial charge in [0, 0.05) is 19.0 Å². The molecule has 2 aromatic rings. The highest BCUT2D eigenvalue weighted by Gasteiger charge is 2.17. The molecule has 2 N–H and O–H groups in total. The van der Waals surface area contributed by atoms with Crippen LogP contribution in [-0.2, 0) is 13.0 Å². The zero-order valence-electron chi connectivity index (χ0n) is 11.7. The van der Waals surface area contributed by atoms with E-state index in [-0.39, 0.29) is 6.04 Å². The van der Waals surface area contributed by atoms with E-state index in [4.69, 9.17) is 5.73 Å². The summed E-state index contributed by atoms with van der Waals surface area (Å²) in [5, 5.41) is 4.24. The van der Waals surface area contributed by atoms with Crippen molar-refractivity contribution in [1.29, 1.82) is 0 Å². The van der Waals surface area contributed by atoms with Crippen LogP contribution in [0.5, 0.6) is 0 Å². The Balaban J connectivity index is 2.04. The summed E-state index contributed by atoms with van der Waals surface area (Å²) in [4.78, 5) is 4.32. The molecule has 0 bridgehead atoms. The molecule has 0 radical (unpaired) electrons. The van der Waals surface area contributed by atoms with E-state index in [2.05, 4.69) is 48.2 Å². The topological polar surface area (TPSA) is 56.7 Å². The lowest BCUT2D eigenvalue weighted by Crippen LogP contribution is -2.30. The average molecular weight is 258 g/mol. The molecule has 0 fully saturated rings. The standard InChI is InChI=1S/C15H22N4/c1-3-9-19-15(17-11-18-19)10-14(16)12(2)13-7-5-4-6-8-13/h4-8,11-12,14H,3,9-10,16H2,1-2H3. The van der Waals surface area contributed by atoms with Gasteiger partial charge in [0.05, 0.1) is 0 Å². The van der Waals surface area contributed by atoms with Crippen LogP contribution in [0.25, 0.3) is 0 Å². The van der Waals surface area contributed by atoms with Crippen LogP contribution < -0.4 is 5.73 Å². The van der Waals surface area contributed by atoms with Crippen molar-refractivity contribution in [2.75, 3.05) is 0 Å². The summed E-state index contributed by atoms with van der Waals surface area (Å²) in [5.41, 5.74) is 7.60. The van der Waals surface area contributed by atoms with Gasteiger partial charge in [0.1, 0.15) is 12.2 Å². The first-order chi connectivity index (χ1) is 9.22. The molecule has 102 valence electrons. The zero-order chi connectivity index (χ0) is 13.7. The zero-order valence-corrected chi connectivity index (χ0v) is 11.7. The van der Waals surface area contributed by atoms with Crippen molar-refractivity contribution in [2.24, 2.45) is 5.73 Å². The Bertz CT molecular complexity index is 492. The molecule has 0 saturated heterocycles. The molecular weight excluding hydrogens is 236 g/mol. The van der Waals surface area contributed by atoms with E-state index in [9.17, 15) is 0 Å². The lowest BCUT2D eigenvalue weighted by molar-refractivity contribution is 0.507. The highest BCUT2D eigenvalue weighted by molar-refractivity contribution is 5.20. The first-order valence-corrected chi connectivity index (χ1v) is 6.89. The molecule has 4 nitrogen and oxygen atoms in total. The van der Waals surface area contributed by atoms with E-state index in [1.165, 1.54) is 5.56 Å². The van der Waals surface area contributed by atoms with E-state index >= 15 is 0 Å². The van der Waals surface area contributed by atoms with E-state index < -0.39 is 0 Å². The smallest absolute Gasteiger partial charge is 0.138 e. The number of nitrogens with two attached hydrogens (primary N) is 1. The molecule has 0 saturated carbocycles. The van der Waals surface area contributed by atoms with Gasteiger partial charge in [0.15, 0.2) is 0 Å². The number of nitrogens with zero attached hydrogens (tertiary/aromatic N) is 3. The minimum Gasteiger partial charge on any atom is -0.327 e. The van der Waals surface area contributed by atoms with Crippen LogP contribution in [0.15, 0.2) is 36.7 Å². The van der Waals surface area contributed by atoms with E-state index in [1.54, 1.807) is 6.33 Å². The maximum absolute atomic E-state index is 6.32. The lowest BCUT2D eigenvalue weighted by Gasteiger charge is -2.20. The number of aryl methyl sites for hydroxylation is 1. The van der Waals surface area contributed by atoms with Gasteiger partial charge in [-0.2, -0.15) is 5.10 Å². The second-order valence-corrected chi connectivity index (χ2v) is 4.97. The van der Waals surface area contributed by atoms with Gasteiger partial charge >= 0.3 is 0 Å². The van der Waals surface area contributed by atoms with Crippen LogP contribution in [-0.4, -0.2) is 20.8 Å². The summed E-state index contributed by atoms with van der Waals surface area (Å²) in [5.74, 6) is 1.30. The molecule has 0 amide bonds. The number of rotatable bonds is 6. The molecule has 0 aliphatic rings. The molecule has 19 heavy (non-hydrogen) atoms. The third-order valence-corrected chi connectivity index (χ3v) is 3.52. The maximum atomic E-state index is 6.32. The Morgan fingerprint density at radius 3 is 2.68 bits per heavy atom. The molecule has 0 spiro atoms. The van der Waals surface area contributed by atoms with Crippen molar-refractivity contribution in [1.82, 2.24) is 14.8 Å². The monoisotopic (exact) mass is 258 g/mol. The van der Waals surface area contributed by atoms with Crippen molar-refractivity contribution in [2.45, 2.75) is 45.2 Å². The van der Waals surface area contributed by atoms with Gasteiger partial charge in [0.2, 0.25) is 0 Å². The fraction of sp³-hybridized carbons (Fsp3) is 0.467. The number of benzene rings is 1. The fourth-order valence-corrected chi connectivity index (χ4v) is 2.24. The highest BCUT2D eigenvalue weighted by atomic mass is 15.3. The first-order valence-electron chi connectivity index (χ1n) is 6.89. The summed E-state index contributed by atoms with van der Waals surface area (Å²) < 4.78 is 1.96. The van der Waals surface area contributed by atoms with Crippen molar-refractivity contribution in [3.8, 4) is 0 Å². The van der Waals surface area contributed by atoms with Gasteiger partial charge in [-0.05, 0) is 17.9 Å². The van der Waals surface area contributed by atoms with Crippen LogP contribution in [0, 0.1) is 0 Å². The van der Waals surface area contributed by atoms with Crippen molar-refractivity contribution in [3.63, 3.8) is 0 Å². The third-order valence-electron chi connectivity index (χ3n) is 3.52. The third kappa shape index (κ3) is 3.41. The summed E-state index contributed by atoms with van der Waals surface area (Å²) in [7, 11) is 0. The highest BCUT2D eigenvalue weighted by Crippen LogP contribution is 2.19. The summed E-state index contributed by atoms with van der Waals surface area (Å²) in [6.45, 7) is 5.21. The molecule has 1 aromatic carbocycles. The van der Waals surface area contributed by atoms with E-state index in [1.807, 2.05) is 10.7 Å². The molecule has 4 heteroatoms. The Hall–Kier alpha value is -1.68. The average Bonchev–Trinajstić information content (AvgIpc) is 2.86. The molecule has 2 rings (SSSR count). The van der Waals surface area contributed by atoms with Crippen molar-refractivity contribution in [3.05, 3.63) is 48.0 Å². The molecule has 1 heterocycles. The fourth-order valence-electron chi connectivity index (χ4n) is 2.24. The predicted octanol–water partition coefficient (Wildman–Crippen LogP) is 2.36. The minimum atomic E-state index is 0.0576. The Morgan fingerprint density at radius 2 is 2.00 bits per heavy atom. The number of aromatic nitrogens is 3. The van der Waals surface area contributed by atoms with Gasteiger partial charge < -0.3 is 5.73 Å². The maximum Gasteiger partial charge on any atom is 0.138 e. The van der Waals surface area contributed by atoms with Crippen molar-refractivity contribution < 1.29 is 0 Å². The van der Waals surface area contributed by atoms with Gasteiger partial charge in [-0.25, -0.2) is 4.98 Å². The Morgan fingerprint density at radius 1 is 1.26 bits per heavy atom. The lowest BCUT2D eigenvalue weighted by atomic mass is 9.92. The first kappa shape index (κ1) is 13.7. The second-order valence-electron chi connectivity index (χ2n) is 4.97. The molecular formula is C15H22N4. The normalized spacial score (nSPS) is 14.3. The molecule has 0 aliphatic carbocycles. The van der Waals surface area contributed by atoms with Crippen LogP contribution in [0.3, 0.4) is 0 Å². The molecule has 2 unspecified atom stereocenters. The Kier molecular flexibility index (Phi) is 4.68. The number of hydrogen-bond acceptors (Lipinski definition) is 3. The summed E-state index contributed by atoms with van der Waals surface area (Å²) in [6.07, 6.45) is 3.43.